The molecule has 0 saturated carbocycles. The summed E-state index contributed by atoms with van der Waals surface area (Å²) in [5.74, 6) is -0.558. The maximum Gasteiger partial charge on any atom is 0.258 e. The molecule has 0 unspecified atom stereocenters. The summed E-state index contributed by atoms with van der Waals surface area (Å²) in [7, 11) is 0. The molecule has 0 aromatic rings. The molecule has 0 heterocycles. The van der Waals surface area contributed by atoms with E-state index in [2.05, 4.69) is 0 Å². The van der Waals surface area contributed by atoms with E-state index in [1.54, 1.807) is 0 Å². The van der Waals surface area contributed by atoms with Gasteiger partial charge in [0, 0.05) is 10.5 Å². The van der Waals surface area contributed by atoms with E-state index in [1.165, 1.54) is 23.5 Å². The van der Waals surface area contributed by atoms with Crippen molar-refractivity contribution in [3.63, 3.8) is 0 Å². The van der Waals surface area contributed by atoms with Crippen molar-refractivity contribution in [2.75, 3.05) is 0 Å². The lowest BCUT2D eigenvalue weighted by Crippen LogP contribution is -2.38. The third-order valence-electron chi connectivity index (χ3n) is 1.27. The Bertz CT molecular complexity index is 236. The molecule has 5 heteroatoms. The molecular weight excluding hydrogens is 216 g/mol. The van der Waals surface area contributed by atoms with Gasteiger partial charge in [-0.3, -0.25) is 4.79 Å². The lowest BCUT2D eigenvalue weighted by Gasteiger charge is -2.25. The summed E-state index contributed by atoms with van der Waals surface area (Å²) in [5, 5.41) is 9.46. The fraction of sp³-hybridized carbons (Fsp3) is 0.778. The SMILES string of the molecule is CC(C)SC(C#N)(SC(C)C)C(N)=O. The van der Waals surface area contributed by atoms with E-state index >= 15 is 0 Å². The van der Waals surface area contributed by atoms with Crippen molar-refractivity contribution in [2.45, 2.75) is 42.3 Å². The number of thioether (sulfide) groups is 2. The van der Waals surface area contributed by atoms with Crippen molar-refractivity contribution in [3.8, 4) is 6.07 Å². The van der Waals surface area contributed by atoms with E-state index in [0.717, 1.165) is 0 Å². The number of carbonyl (C=O) groups is 1. The molecule has 0 aliphatic rings. The van der Waals surface area contributed by atoms with Gasteiger partial charge in [-0.1, -0.05) is 27.7 Å². The highest BCUT2D eigenvalue weighted by Gasteiger charge is 2.40. The number of carbonyl (C=O) groups excluding carboxylic acids is 1. The number of amides is 1. The largest absolute Gasteiger partial charge is 0.367 e. The van der Waals surface area contributed by atoms with Gasteiger partial charge in [0.15, 0.2) is 0 Å². The molecule has 0 aromatic carbocycles. The van der Waals surface area contributed by atoms with Gasteiger partial charge in [-0.25, -0.2) is 0 Å². The highest BCUT2D eigenvalue weighted by molar-refractivity contribution is 8.20. The first-order chi connectivity index (χ1) is 6.34. The number of hydrogen-bond acceptors (Lipinski definition) is 4. The minimum Gasteiger partial charge on any atom is -0.367 e. The maximum absolute atomic E-state index is 11.3. The van der Waals surface area contributed by atoms with Gasteiger partial charge in [0.25, 0.3) is 5.91 Å². The number of primary amides is 1. The molecule has 0 aromatic heterocycles. The van der Waals surface area contributed by atoms with Gasteiger partial charge in [-0.05, 0) is 0 Å². The molecule has 3 nitrogen and oxygen atoms in total. The predicted molar refractivity (Wildman–Crippen MR) is 63.0 cm³/mol. The summed E-state index contributed by atoms with van der Waals surface area (Å²) in [6, 6.07) is 2.03. The molecule has 0 atom stereocenters. The van der Waals surface area contributed by atoms with Crippen molar-refractivity contribution >= 4 is 29.4 Å². The van der Waals surface area contributed by atoms with Crippen LogP contribution in [0.2, 0.25) is 0 Å². The van der Waals surface area contributed by atoms with Crippen LogP contribution in [-0.4, -0.2) is 20.5 Å². The van der Waals surface area contributed by atoms with Gasteiger partial charge in [0.05, 0.1) is 0 Å². The van der Waals surface area contributed by atoms with Crippen molar-refractivity contribution in [2.24, 2.45) is 5.73 Å². The summed E-state index contributed by atoms with van der Waals surface area (Å²) in [4.78, 5) is 11.3. The topological polar surface area (TPSA) is 66.9 Å². The zero-order valence-electron chi connectivity index (χ0n) is 8.90. The van der Waals surface area contributed by atoms with Gasteiger partial charge in [0.2, 0.25) is 4.08 Å². The molecule has 80 valence electrons. The molecule has 0 radical (unpaired) electrons. The van der Waals surface area contributed by atoms with Crippen LogP contribution < -0.4 is 5.73 Å². The quantitative estimate of drug-likeness (QED) is 0.736. The molecule has 0 aliphatic carbocycles. The van der Waals surface area contributed by atoms with Crippen LogP contribution in [0.25, 0.3) is 0 Å². The van der Waals surface area contributed by atoms with Gasteiger partial charge in [0.1, 0.15) is 6.07 Å². The summed E-state index contributed by atoms with van der Waals surface area (Å²) >= 11 is 2.62. The molecular formula is C9H16N2OS2. The average Bonchev–Trinajstić information content (AvgIpc) is 2.00. The highest BCUT2D eigenvalue weighted by Crippen LogP contribution is 2.41. The Labute approximate surface area is 93.8 Å². The number of nitrogens with zero attached hydrogens (tertiary/aromatic N) is 1. The number of nitriles is 1. The fourth-order valence-electron chi connectivity index (χ4n) is 0.916. The lowest BCUT2D eigenvalue weighted by atomic mass is 10.4. The Morgan fingerprint density at radius 3 is 1.79 bits per heavy atom. The first-order valence-electron chi connectivity index (χ1n) is 4.41. The fourth-order valence-corrected chi connectivity index (χ4v) is 3.96. The van der Waals surface area contributed by atoms with Gasteiger partial charge >= 0.3 is 0 Å². The Balaban J connectivity index is 4.82. The highest BCUT2D eigenvalue weighted by atomic mass is 32.2. The van der Waals surface area contributed by atoms with E-state index in [9.17, 15) is 4.79 Å². The van der Waals surface area contributed by atoms with Crippen molar-refractivity contribution in [1.29, 1.82) is 5.26 Å². The molecule has 1 amide bonds. The molecule has 0 saturated heterocycles. The first kappa shape index (κ1) is 13.7. The second-order valence-corrected chi connectivity index (χ2v) is 7.27. The van der Waals surface area contributed by atoms with Crippen LogP contribution in [0.4, 0.5) is 0 Å². The van der Waals surface area contributed by atoms with Crippen LogP contribution in [-0.2, 0) is 4.79 Å². The normalized spacial score (nSPS) is 11.8. The second kappa shape index (κ2) is 5.52. The summed E-state index contributed by atoms with van der Waals surface area (Å²) in [6.07, 6.45) is 0. The monoisotopic (exact) mass is 232 g/mol. The molecule has 14 heavy (non-hydrogen) atoms. The van der Waals surface area contributed by atoms with Crippen molar-refractivity contribution < 1.29 is 4.79 Å². The third kappa shape index (κ3) is 3.81. The molecule has 2 N–H and O–H groups in total. The summed E-state index contributed by atoms with van der Waals surface area (Å²) in [6.45, 7) is 7.78. The first-order valence-corrected chi connectivity index (χ1v) is 6.16. The van der Waals surface area contributed by atoms with Crippen LogP contribution in [0.3, 0.4) is 0 Å². The molecule has 0 rings (SSSR count). The summed E-state index contributed by atoms with van der Waals surface area (Å²) < 4.78 is -1.14. The number of nitrogens with two attached hydrogens (primary N) is 1. The molecule has 0 aliphatic heterocycles. The van der Waals surface area contributed by atoms with Crippen LogP contribution in [0.1, 0.15) is 27.7 Å². The Kier molecular flexibility index (Phi) is 5.38. The zero-order chi connectivity index (χ0) is 11.4. The minimum absolute atomic E-state index is 0.202. The Morgan fingerprint density at radius 2 is 1.64 bits per heavy atom. The Hall–Kier alpha value is -0.340. The second-order valence-electron chi connectivity index (χ2n) is 3.43. The van der Waals surface area contributed by atoms with Crippen molar-refractivity contribution in [1.82, 2.24) is 0 Å². The van der Waals surface area contributed by atoms with Crippen LogP contribution in [0.15, 0.2) is 0 Å². The minimum atomic E-state index is -1.14. The van der Waals surface area contributed by atoms with Crippen LogP contribution in [0.5, 0.6) is 0 Å². The van der Waals surface area contributed by atoms with Crippen LogP contribution in [0, 0.1) is 11.3 Å². The predicted octanol–water partition coefficient (Wildman–Crippen LogP) is 1.97. The summed E-state index contributed by atoms with van der Waals surface area (Å²) in [5.41, 5.74) is 5.28. The van der Waals surface area contributed by atoms with Crippen molar-refractivity contribution in [3.05, 3.63) is 0 Å². The number of hydrogen-bond donors (Lipinski definition) is 1. The average molecular weight is 232 g/mol. The smallest absolute Gasteiger partial charge is 0.258 e. The zero-order valence-corrected chi connectivity index (χ0v) is 10.5. The van der Waals surface area contributed by atoms with E-state index in [-0.39, 0.29) is 10.5 Å². The van der Waals surface area contributed by atoms with Gasteiger partial charge < -0.3 is 5.73 Å². The van der Waals surface area contributed by atoms with Gasteiger partial charge in [-0.15, -0.1) is 23.5 Å². The lowest BCUT2D eigenvalue weighted by molar-refractivity contribution is -0.117. The van der Waals surface area contributed by atoms with E-state index in [4.69, 9.17) is 11.0 Å². The standard InChI is InChI=1S/C9H16N2OS2/c1-6(2)13-9(5-10,8(11)12)14-7(3)4/h6-7H,1-4H3,(H2,11,12). The van der Waals surface area contributed by atoms with E-state index in [0.29, 0.717) is 0 Å². The van der Waals surface area contributed by atoms with E-state index in [1.807, 2.05) is 33.8 Å². The van der Waals surface area contributed by atoms with E-state index < -0.39 is 9.99 Å². The maximum atomic E-state index is 11.3. The number of rotatable bonds is 5. The Morgan fingerprint density at radius 1 is 1.29 bits per heavy atom. The van der Waals surface area contributed by atoms with Gasteiger partial charge in [-0.2, -0.15) is 5.26 Å². The molecule has 0 fully saturated rings. The molecule has 0 bridgehead atoms. The third-order valence-corrected chi connectivity index (χ3v) is 4.04. The van der Waals surface area contributed by atoms with Crippen LogP contribution >= 0.6 is 23.5 Å². The molecule has 0 spiro atoms.